The zero-order chi connectivity index (χ0) is 22.0. The first kappa shape index (κ1) is 22.0. The summed E-state index contributed by atoms with van der Waals surface area (Å²) in [7, 11) is -3.32. The average Bonchev–Trinajstić information content (AvgIpc) is 3.41. The van der Waals surface area contributed by atoms with E-state index in [2.05, 4.69) is 34.9 Å². The number of nitrogens with one attached hydrogen (secondary N) is 2. The fraction of sp³-hybridized carbons (Fsp3) is 0.458. The summed E-state index contributed by atoms with van der Waals surface area (Å²) < 4.78 is 16.9. The van der Waals surface area contributed by atoms with Crippen LogP contribution in [0.5, 0.6) is 0 Å². The van der Waals surface area contributed by atoms with E-state index in [1.54, 1.807) is 12.1 Å². The first-order chi connectivity index (χ1) is 14.9. The van der Waals surface area contributed by atoms with Crippen molar-refractivity contribution in [3.63, 3.8) is 0 Å². The van der Waals surface area contributed by atoms with Crippen molar-refractivity contribution in [1.82, 2.24) is 5.32 Å². The summed E-state index contributed by atoms with van der Waals surface area (Å²) in [6.45, 7) is 4.99. The lowest BCUT2D eigenvalue weighted by atomic mass is 9.99. The molecule has 2 aromatic carbocycles. The molecule has 4 N–H and O–H groups in total. The molecule has 6 nitrogen and oxygen atoms in total. The van der Waals surface area contributed by atoms with E-state index in [0.29, 0.717) is 10.9 Å². The van der Waals surface area contributed by atoms with E-state index in [-0.39, 0.29) is 0 Å². The van der Waals surface area contributed by atoms with Crippen LogP contribution in [0.15, 0.2) is 39.6 Å². The molecule has 0 saturated heterocycles. The van der Waals surface area contributed by atoms with Gasteiger partial charge in [-0.05, 0) is 91.8 Å². The molecule has 31 heavy (non-hydrogen) atoms. The number of benzene rings is 2. The number of carbonyl (C=O) groups is 1. The van der Waals surface area contributed by atoms with E-state index in [1.807, 2.05) is 12.1 Å². The lowest BCUT2D eigenvalue weighted by molar-refractivity contribution is 0.260. The highest BCUT2D eigenvalue weighted by atomic mass is 32.2. The molecule has 2 aromatic rings. The fourth-order valence-electron chi connectivity index (χ4n) is 4.51. The molecule has 0 spiro atoms. The molecule has 0 aliphatic heterocycles. The second-order valence-corrected chi connectivity index (χ2v) is 10.4. The fourth-order valence-corrected chi connectivity index (χ4v) is 5.43. The van der Waals surface area contributed by atoms with Crippen LogP contribution in [-0.4, -0.2) is 16.3 Å². The Labute approximate surface area is 185 Å². The second-order valence-electron chi connectivity index (χ2n) is 8.66. The van der Waals surface area contributed by atoms with E-state index in [4.69, 9.17) is 5.14 Å². The van der Waals surface area contributed by atoms with Crippen molar-refractivity contribution in [2.75, 3.05) is 5.32 Å². The van der Waals surface area contributed by atoms with Crippen LogP contribution in [0.25, 0.3) is 0 Å². The van der Waals surface area contributed by atoms with Gasteiger partial charge in [-0.15, -0.1) is 4.36 Å². The maximum Gasteiger partial charge on any atom is 0.354 e. The first-order valence-corrected chi connectivity index (χ1v) is 12.8. The predicted octanol–water partition coefficient (Wildman–Crippen LogP) is 4.48. The minimum absolute atomic E-state index is 0.360. The van der Waals surface area contributed by atoms with Gasteiger partial charge in [0.25, 0.3) is 0 Å². The van der Waals surface area contributed by atoms with E-state index in [1.165, 1.54) is 22.3 Å². The number of carbonyl (C=O) groups excluding carboxylic acids is 1. The summed E-state index contributed by atoms with van der Waals surface area (Å²) in [5.74, 6) is 0. The number of anilines is 1. The Balaban J connectivity index is 1.52. The third kappa shape index (κ3) is 4.84. The van der Waals surface area contributed by atoms with Crippen molar-refractivity contribution >= 4 is 21.6 Å². The van der Waals surface area contributed by atoms with Crippen molar-refractivity contribution in [3.05, 3.63) is 58.1 Å². The van der Waals surface area contributed by atoms with E-state index < -0.39 is 15.9 Å². The number of aryl methyl sites for hydroxylation is 2. The van der Waals surface area contributed by atoms with Crippen LogP contribution < -0.4 is 15.8 Å². The molecule has 2 amide bonds. The molecule has 4 rings (SSSR count). The van der Waals surface area contributed by atoms with Gasteiger partial charge in [0.15, 0.2) is 0 Å². The third-order valence-electron chi connectivity index (χ3n) is 6.45. The highest BCUT2D eigenvalue weighted by Gasteiger charge is 2.25. The minimum Gasteiger partial charge on any atom is -0.310 e. The Hall–Kier alpha value is -2.22. The van der Waals surface area contributed by atoms with Crippen LogP contribution in [-0.2, 0) is 42.1 Å². The SMILES string of the molecule is CC[C@@H](C)NCc1ccc(S(N)(=O)=NC(=O)Nc2c3c(cc4c2CCC4)CCC3)cc1. The Morgan fingerprint density at radius 3 is 2.29 bits per heavy atom. The smallest absolute Gasteiger partial charge is 0.310 e. The molecule has 7 heteroatoms. The van der Waals surface area contributed by atoms with Crippen molar-refractivity contribution in [3.8, 4) is 0 Å². The number of amides is 2. The summed E-state index contributed by atoms with van der Waals surface area (Å²) in [5.41, 5.74) is 7.03. The molecule has 0 saturated carbocycles. The van der Waals surface area contributed by atoms with Gasteiger partial charge >= 0.3 is 6.03 Å². The highest BCUT2D eigenvalue weighted by Crippen LogP contribution is 2.38. The molecule has 0 radical (unpaired) electrons. The number of nitrogens with two attached hydrogens (primary N) is 1. The summed E-state index contributed by atoms with van der Waals surface area (Å²) in [5, 5.41) is 12.4. The quantitative estimate of drug-likeness (QED) is 0.618. The predicted molar refractivity (Wildman–Crippen MR) is 126 cm³/mol. The lowest BCUT2D eigenvalue weighted by Gasteiger charge is -2.15. The average molecular weight is 441 g/mol. The largest absolute Gasteiger partial charge is 0.354 e. The second kappa shape index (κ2) is 9.10. The number of rotatable bonds is 6. The van der Waals surface area contributed by atoms with Gasteiger partial charge in [0.05, 0.1) is 4.90 Å². The van der Waals surface area contributed by atoms with Gasteiger partial charge in [-0.25, -0.2) is 14.1 Å². The van der Waals surface area contributed by atoms with Crippen molar-refractivity contribution in [1.29, 1.82) is 0 Å². The standard InChI is InChI=1S/C24H32N4O2S/c1-3-16(2)26-15-17-10-12-20(13-11-17)31(25,30)28-24(29)27-23-21-8-4-6-18(21)14-19-7-5-9-22(19)23/h10-14,16,26H,3-9,15H2,1-2H3,(H3,25,27,28,29,30)/t16-,31?/m1/s1. The lowest BCUT2D eigenvalue weighted by Crippen LogP contribution is -2.24. The first-order valence-electron chi connectivity index (χ1n) is 11.2. The molecule has 2 aliphatic rings. The topological polar surface area (TPSA) is 96.6 Å². The number of hydrogen-bond acceptors (Lipinski definition) is 3. The van der Waals surface area contributed by atoms with Crippen LogP contribution in [0, 0.1) is 0 Å². The maximum atomic E-state index is 13.0. The van der Waals surface area contributed by atoms with Gasteiger partial charge < -0.3 is 10.6 Å². The zero-order valence-corrected chi connectivity index (χ0v) is 19.2. The molecule has 2 atom stereocenters. The van der Waals surface area contributed by atoms with Crippen LogP contribution >= 0.6 is 0 Å². The number of urea groups is 1. The van der Waals surface area contributed by atoms with Gasteiger partial charge in [0.2, 0.25) is 0 Å². The summed E-state index contributed by atoms with van der Waals surface area (Å²) >= 11 is 0. The molecule has 0 bridgehead atoms. The number of fused-ring (bicyclic) bond motifs is 2. The van der Waals surface area contributed by atoms with E-state index >= 15 is 0 Å². The molecule has 2 aliphatic carbocycles. The van der Waals surface area contributed by atoms with Crippen molar-refractivity contribution < 1.29 is 9.00 Å². The molecule has 0 heterocycles. The van der Waals surface area contributed by atoms with E-state index in [0.717, 1.165) is 62.7 Å². The number of nitrogens with zero attached hydrogens (tertiary/aromatic N) is 1. The van der Waals surface area contributed by atoms with Crippen molar-refractivity contribution in [2.45, 2.75) is 76.3 Å². The monoisotopic (exact) mass is 440 g/mol. The summed E-state index contributed by atoms with van der Waals surface area (Å²) in [6.07, 6.45) is 7.28. The number of hydrogen-bond donors (Lipinski definition) is 3. The zero-order valence-electron chi connectivity index (χ0n) is 18.4. The molecule has 166 valence electrons. The minimum atomic E-state index is -3.32. The van der Waals surface area contributed by atoms with Crippen LogP contribution in [0.3, 0.4) is 0 Å². The molecule has 1 unspecified atom stereocenters. The Kier molecular flexibility index (Phi) is 6.46. The highest BCUT2D eigenvalue weighted by molar-refractivity contribution is 7.91. The molecular formula is C24H32N4O2S. The Morgan fingerprint density at radius 2 is 1.71 bits per heavy atom. The van der Waals surface area contributed by atoms with E-state index in [9.17, 15) is 9.00 Å². The molecule has 0 aromatic heterocycles. The van der Waals surface area contributed by atoms with Gasteiger partial charge in [-0.3, -0.25) is 0 Å². The summed E-state index contributed by atoms with van der Waals surface area (Å²) in [4.78, 5) is 13.1. The normalized spacial score (nSPS) is 17.5. The molecular weight excluding hydrogens is 408 g/mol. The Morgan fingerprint density at radius 1 is 1.10 bits per heavy atom. The molecule has 0 fully saturated rings. The van der Waals surface area contributed by atoms with Gasteiger partial charge in [-0.2, -0.15) is 0 Å². The van der Waals surface area contributed by atoms with Gasteiger partial charge in [0.1, 0.15) is 9.92 Å². The third-order valence-corrected chi connectivity index (χ3v) is 7.84. The Bertz CT molecular complexity index is 1070. The van der Waals surface area contributed by atoms with Crippen LogP contribution in [0.1, 0.15) is 60.9 Å². The van der Waals surface area contributed by atoms with Gasteiger partial charge in [-0.1, -0.05) is 25.1 Å². The summed E-state index contributed by atoms with van der Waals surface area (Å²) in [6, 6.07) is 9.25. The van der Waals surface area contributed by atoms with Crippen LogP contribution in [0.2, 0.25) is 0 Å². The van der Waals surface area contributed by atoms with Gasteiger partial charge in [0, 0.05) is 18.3 Å². The maximum absolute atomic E-state index is 13.0. The van der Waals surface area contributed by atoms with Crippen molar-refractivity contribution in [2.24, 2.45) is 9.50 Å². The van der Waals surface area contributed by atoms with Crippen LogP contribution in [0.4, 0.5) is 10.5 Å².